The van der Waals surface area contributed by atoms with E-state index in [1.54, 1.807) is 6.92 Å². The predicted molar refractivity (Wildman–Crippen MR) is 74.6 cm³/mol. The highest BCUT2D eigenvalue weighted by atomic mass is 32.2. The van der Waals surface area contributed by atoms with E-state index in [0.717, 1.165) is 12.8 Å². The van der Waals surface area contributed by atoms with Crippen molar-refractivity contribution in [3.8, 4) is 0 Å². The minimum atomic E-state index is -3.59. The molecule has 1 aromatic heterocycles. The van der Waals surface area contributed by atoms with Gasteiger partial charge < -0.3 is 10.5 Å². The number of hydrogen-bond acceptors (Lipinski definition) is 5. The molecule has 0 spiro atoms. The molecule has 0 amide bonds. The van der Waals surface area contributed by atoms with Crippen LogP contribution in [0.25, 0.3) is 0 Å². The highest BCUT2D eigenvalue weighted by Crippen LogP contribution is 2.29. The van der Waals surface area contributed by atoms with Gasteiger partial charge in [-0.2, -0.15) is 5.10 Å². The summed E-state index contributed by atoms with van der Waals surface area (Å²) in [5.41, 5.74) is 6.35. The van der Waals surface area contributed by atoms with E-state index in [4.69, 9.17) is 10.5 Å². The molecule has 0 bridgehead atoms. The number of rotatable bonds is 5. The lowest BCUT2D eigenvalue weighted by Crippen LogP contribution is -2.39. The van der Waals surface area contributed by atoms with Crippen LogP contribution in [0.5, 0.6) is 0 Å². The van der Waals surface area contributed by atoms with E-state index in [-0.39, 0.29) is 16.9 Å². The average Bonchev–Trinajstić information content (AvgIpc) is 2.80. The summed E-state index contributed by atoms with van der Waals surface area (Å²) in [6, 6.07) is 0. The standard InChI is InChI=1S/C12H22N4O3S/c1-9-11(10(7-13)16-15-9)20(17,18)14-8-12(2)3-5-19-6-4-12/h14H,3-8,13H2,1-2H3,(H,15,16). The summed E-state index contributed by atoms with van der Waals surface area (Å²) in [6.45, 7) is 5.59. The molecule has 8 heteroatoms. The van der Waals surface area contributed by atoms with Gasteiger partial charge in [0.2, 0.25) is 10.0 Å². The first kappa shape index (κ1) is 15.4. The predicted octanol–water partition coefficient (Wildman–Crippen LogP) is 0.272. The number of aromatic nitrogens is 2. The molecule has 2 rings (SSSR count). The molecule has 0 aromatic carbocycles. The maximum Gasteiger partial charge on any atom is 0.244 e. The third-order valence-electron chi connectivity index (χ3n) is 3.81. The molecule has 0 unspecified atom stereocenters. The van der Waals surface area contributed by atoms with Gasteiger partial charge in [-0.15, -0.1) is 0 Å². The van der Waals surface area contributed by atoms with Gasteiger partial charge in [-0.25, -0.2) is 13.1 Å². The van der Waals surface area contributed by atoms with Gasteiger partial charge >= 0.3 is 0 Å². The van der Waals surface area contributed by atoms with E-state index in [1.165, 1.54) is 0 Å². The molecule has 7 nitrogen and oxygen atoms in total. The summed E-state index contributed by atoms with van der Waals surface area (Å²) in [7, 11) is -3.59. The molecule has 1 aliphatic rings. The Morgan fingerprint density at radius 1 is 1.45 bits per heavy atom. The van der Waals surface area contributed by atoms with Crippen LogP contribution in [0.15, 0.2) is 4.90 Å². The summed E-state index contributed by atoms with van der Waals surface area (Å²) in [5, 5.41) is 6.60. The fraction of sp³-hybridized carbons (Fsp3) is 0.750. The third-order valence-corrected chi connectivity index (χ3v) is 5.42. The Bertz CT molecular complexity index is 561. The van der Waals surface area contributed by atoms with Gasteiger partial charge in [0.05, 0.1) is 11.4 Å². The Morgan fingerprint density at radius 2 is 2.10 bits per heavy atom. The Morgan fingerprint density at radius 3 is 2.70 bits per heavy atom. The SMILES string of the molecule is Cc1[nH]nc(CN)c1S(=O)(=O)NCC1(C)CCOCC1. The number of ether oxygens (including phenoxy) is 1. The van der Waals surface area contributed by atoms with Gasteiger partial charge in [0.25, 0.3) is 0 Å². The van der Waals surface area contributed by atoms with Crippen molar-refractivity contribution in [3.63, 3.8) is 0 Å². The van der Waals surface area contributed by atoms with E-state index in [2.05, 4.69) is 21.8 Å². The minimum Gasteiger partial charge on any atom is -0.381 e. The average molecular weight is 302 g/mol. The van der Waals surface area contributed by atoms with Crippen LogP contribution in [0.2, 0.25) is 0 Å². The lowest BCUT2D eigenvalue weighted by atomic mass is 9.83. The van der Waals surface area contributed by atoms with E-state index in [0.29, 0.717) is 31.1 Å². The summed E-state index contributed by atoms with van der Waals surface area (Å²) < 4.78 is 32.8. The minimum absolute atomic E-state index is 0.0637. The van der Waals surface area contributed by atoms with E-state index in [1.807, 2.05) is 0 Å². The largest absolute Gasteiger partial charge is 0.381 e. The topological polar surface area (TPSA) is 110 Å². The fourth-order valence-electron chi connectivity index (χ4n) is 2.35. The zero-order valence-electron chi connectivity index (χ0n) is 11.9. The fourth-order valence-corrected chi connectivity index (χ4v) is 3.92. The maximum absolute atomic E-state index is 12.4. The van der Waals surface area contributed by atoms with Crippen molar-refractivity contribution in [1.29, 1.82) is 0 Å². The molecule has 4 N–H and O–H groups in total. The van der Waals surface area contributed by atoms with Crippen molar-refractivity contribution in [1.82, 2.24) is 14.9 Å². The van der Waals surface area contributed by atoms with Crippen LogP contribution in [0.1, 0.15) is 31.2 Å². The van der Waals surface area contributed by atoms with Gasteiger partial charge in [-0.05, 0) is 25.2 Å². The normalized spacial score (nSPS) is 19.1. The maximum atomic E-state index is 12.4. The first-order valence-electron chi connectivity index (χ1n) is 6.69. The molecule has 2 heterocycles. The molecule has 1 fully saturated rings. The van der Waals surface area contributed by atoms with Crippen molar-refractivity contribution in [2.24, 2.45) is 11.1 Å². The Hall–Kier alpha value is -0.960. The highest BCUT2D eigenvalue weighted by Gasteiger charge is 2.31. The molecular formula is C12H22N4O3S. The second-order valence-corrected chi connectivity index (χ2v) is 7.28. The molecule has 1 saturated heterocycles. The van der Waals surface area contributed by atoms with Gasteiger partial charge in [0.15, 0.2) is 0 Å². The van der Waals surface area contributed by atoms with Crippen LogP contribution in [0, 0.1) is 12.3 Å². The quantitative estimate of drug-likeness (QED) is 0.723. The smallest absolute Gasteiger partial charge is 0.244 e. The number of aromatic amines is 1. The third kappa shape index (κ3) is 3.20. The number of H-pyrrole nitrogens is 1. The van der Waals surface area contributed by atoms with Crippen LogP contribution in [-0.2, 0) is 21.3 Å². The lowest BCUT2D eigenvalue weighted by molar-refractivity contribution is 0.0264. The molecule has 0 radical (unpaired) electrons. The van der Waals surface area contributed by atoms with Crippen LogP contribution in [-0.4, -0.2) is 38.4 Å². The first-order chi connectivity index (χ1) is 9.38. The molecule has 0 aliphatic carbocycles. The molecule has 1 aliphatic heterocycles. The summed E-state index contributed by atoms with van der Waals surface area (Å²) in [6.07, 6.45) is 1.70. The van der Waals surface area contributed by atoms with Crippen LogP contribution in [0.4, 0.5) is 0 Å². The van der Waals surface area contributed by atoms with Crippen molar-refractivity contribution < 1.29 is 13.2 Å². The molecular weight excluding hydrogens is 280 g/mol. The zero-order valence-corrected chi connectivity index (χ0v) is 12.7. The molecule has 0 atom stereocenters. The van der Waals surface area contributed by atoms with Gasteiger partial charge in [-0.3, -0.25) is 5.10 Å². The number of nitrogens with two attached hydrogens (primary N) is 1. The summed E-state index contributed by atoms with van der Waals surface area (Å²) in [5.74, 6) is 0. The summed E-state index contributed by atoms with van der Waals surface area (Å²) >= 11 is 0. The summed E-state index contributed by atoms with van der Waals surface area (Å²) in [4.78, 5) is 0.177. The van der Waals surface area contributed by atoms with Crippen molar-refractivity contribution in [3.05, 3.63) is 11.4 Å². The molecule has 1 aromatic rings. The van der Waals surface area contributed by atoms with Crippen molar-refractivity contribution in [2.75, 3.05) is 19.8 Å². The second-order valence-electron chi connectivity index (χ2n) is 5.58. The van der Waals surface area contributed by atoms with Gasteiger partial charge in [0.1, 0.15) is 4.90 Å². The van der Waals surface area contributed by atoms with Crippen molar-refractivity contribution >= 4 is 10.0 Å². The Labute approximate surface area is 119 Å². The highest BCUT2D eigenvalue weighted by molar-refractivity contribution is 7.89. The monoisotopic (exact) mass is 302 g/mol. The number of nitrogens with one attached hydrogen (secondary N) is 2. The number of sulfonamides is 1. The van der Waals surface area contributed by atoms with E-state index >= 15 is 0 Å². The number of nitrogens with zero attached hydrogens (tertiary/aromatic N) is 1. The van der Waals surface area contributed by atoms with Gasteiger partial charge in [0, 0.05) is 26.3 Å². The van der Waals surface area contributed by atoms with Crippen LogP contribution < -0.4 is 10.5 Å². The molecule has 20 heavy (non-hydrogen) atoms. The van der Waals surface area contributed by atoms with E-state index < -0.39 is 10.0 Å². The molecule has 114 valence electrons. The zero-order chi connectivity index (χ0) is 14.8. The van der Waals surface area contributed by atoms with Crippen LogP contribution in [0.3, 0.4) is 0 Å². The Balaban J connectivity index is 2.13. The number of hydrogen-bond donors (Lipinski definition) is 3. The Kier molecular flexibility index (Phi) is 4.48. The second kappa shape index (κ2) is 5.80. The number of aryl methyl sites for hydroxylation is 1. The van der Waals surface area contributed by atoms with Crippen LogP contribution >= 0.6 is 0 Å². The van der Waals surface area contributed by atoms with Crippen molar-refractivity contribution in [2.45, 2.75) is 38.1 Å². The lowest BCUT2D eigenvalue weighted by Gasteiger charge is -2.33. The molecule has 0 saturated carbocycles. The van der Waals surface area contributed by atoms with Gasteiger partial charge in [-0.1, -0.05) is 6.92 Å². The first-order valence-corrected chi connectivity index (χ1v) is 8.18. The van der Waals surface area contributed by atoms with E-state index in [9.17, 15) is 8.42 Å².